The van der Waals surface area contributed by atoms with Gasteiger partial charge in [0.05, 0.1) is 0 Å². The van der Waals surface area contributed by atoms with E-state index in [0.717, 1.165) is 11.1 Å². The highest BCUT2D eigenvalue weighted by molar-refractivity contribution is 5.99. The average molecular weight is 162 g/mol. The lowest BCUT2D eigenvalue weighted by Crippen LogP contribution is -2.01. The standard InChI is InChI=1S/C8H10N4/c1-6-4-2-3-5-7(6)8(11-9)12-10/h2-5,9H,10H2,1H3/b11-9?,12-8-. The Labute approximate surface area is 70.6 Å². The van der Waals surface area contributed by atoms with E-state index >= 15 is 0 Å². The molecular weight excluding hydrogens is 152 g/mol. The molecule has 4 nitrogen and oxygen atoms in total. The highest BCUT2D eigenvalue weighted by atomic mass is 15.2. The van der Waals surface area contributed by atoms with Gasteiger partial charge in [0.1, 0.15) is 0 Å². The first-order chi connectivity index (χ1) is 5.79. The van der Waals surface area contributed by atoms with Crippen molar-refractivity contribution in [2.75, 3.05) is 0 Å². The van der Waals surface area contributed by atoms with Crippen molar-refractivity contribution in [1.29, 1.82) is 5.53 Å². The number of hydrazone groups is 1. The number of nitrogens with zero attached hydrogens (tertiary/aromatic N) is 2. The Hall–Kier alpha value is -1.71. The number of rotatable bonds is 1. The van der Waals surface area contributed by atoms with Crippen LogP contribution in [0.15, 0.2) is 34.5 Å². The molecule has 0 aliphatic rings. The van der Waals surface area contributed by atoms with E-state index in [1.807, 2.05) is 31.2 Å². The molecule has 0 heterocycles. The van der Waals surface area contributed by atoms with Gasteiger partial charge >= 0.3 is 0 Å². The SMILES string of the molecule is Cc1ccccc1/C(N=N)=N/N. The third-order valence-electron chi connectivity index (χ3n) is 1.61. The van der Waals surface area contributed by atoms with E-state index in [0.29, 0.717) is 0 Å². The van der Waals surface area contributed by atoms with Gasteiger partial charge in [0, 0.05) is 5.56 Å². The molecule has 0 spiro atoms. The van der Waals surface area contributed by atoms with Gasteiger partial charge in [-0.25, -0.2) is 5.53 Å². The summed E-state index contributed by atoms with van der Waals surface area (Å²) in [5, 5.41) is 6.61. The van der Waals surface area contributed by atoms with Crippen molar-refractivity contribution >= 4 is 5.84 Å². The summed E-state index contributed by atoms with van der Waals surface area (Å²) in [7, 11) is 0. The van der Waals surface area contributed by atoms with E-state index in [9.17, 15) is 0 Å². The summed E-state index contributed by atoms with van der Waals surface area (Å²) < 4.78 is 0. The zero-order valence-electron chi connectivity index (χ0n) is 6.78. The Morgan fingerprint density at radius 1 is 1.42 bits per heavy atom. The summed E-state index contributed by atoms with van der Waals surface area (Å²) in [5.41, 5.74) is 8.62. The summed E-state index contributed by atoms with van der Waals surface area (Å²) in [6.07, 6.45) is 0. The van der Waals surface area contributed by atoms with Crippen LogP contribution >= 0.6 is 0 Å². The van der Waals surface area contributed by atoms with Crippen LogP contribution in [0.2, 0.25) is 0 Å². The van der Waals surface area contributed by atoms with Crippen LogP contribution in [0, 0.1) is 12.5 Å². The zero-order valence-corrected chi connectivity index (χ0v) is 6.78. The molecule has 0 aromatic heterocycles. The summed E-state index contributed by atoms with van der Waals surface area (Å²) in [6.45, 7) is 1.92. The van der Waals surface area contributed by atoms with Crippen molar-refractivity contribution in [3.8, 4) is 0 Å². The second-order valence-electron chi connectivity index (χ2n) is 2.38. The fourth-order valence-electron chi connectivity index (χ4n) is 0.982. The van der Waals surface area contributed by atoms with E-state index in [1.165, 1.54) is 0 Å². The average Bonchev–Trinajstić information content (AvgIpc) is 2.10. The maximum absolute atomic E-state index is 6.81. The largest absolute Gasteiger partial charge is 0.321 e. The summed E-state index contributed by atoms with van der Waals surface area (Å²) in [6, 6.07) is 7.53. The van der Waals surface area contributed by atoms with Gasteiger partial charge in [0.15, 0.2) is 5.84 Å². The number of amidine groups is 1. The predicted molar refractivity (Wildman–Crippen MR) is 47.1 cm³/mol. The van der Waals surface area contributed by atoms with E-state index in [2.05, 4.69) is 10.2 Å². The third-order valence-corrected chi connectivity index (χ3v) is 1.61. The van der Waals surface area contributed by atoms with Crippen LogP contribution in [-0.2, 0) is 0 Å². The summed E-state index contributed by atoms with van der Waals surface area (Å²) in [5.74, 6) is 5.32. The molecule has 0 saturated carbocycles. The van der Waals surface area contributed by atoms with Gasteiger partial charge < -0.3 is 5.84 Å². The first-order valence-corrected chi connectivity index (χ1v) is 3.51. The van der Waals surface area contributed by atoms with Gasteiger partial charge in [-0.3, -0.25) is 0 Å². The minimum absolute atomic E-state index is 0.258. The highest BCUT2D eigenvalue weighted by Crippen LogP contribution is 2.08. The Balaban J connectivity index is 3.18. The Kier molecular flexibility index (Phi) is 2.53. The van der Waals surface area contributed by atoms with Gasteiger partial charge in [0.2, 0.25) is 0 Å². The monoisotopic (exact) mass is 162 g/mol. The first-order valence-electron chi connectivity index (χ1n) is 3.51. The molecule has 3 N–H and O–H groups in total. The van der Waals surface area contributed by atoms with Gasteiger partial charge in [-0.2, -0.15) is 5.10 Å². The van der Waals surface area contributed by atoms with Gasteiger partial charge in [0.25, 0.3) is 0 Å². The number of nitrogens with one attached hydrogen (secondary N) is 1. The molecule has 12 heavy (non-hydrogen) atoms. The van der Waals surface area contributed by atoms with Gasteiger partial charge in [-0.15, -0.1) is 5.11 Å². The molecule has 1 aromatic carbocycles. The lowest BCUT2D eigenvalue weighted by Gasteiger charge is -2.00. The Morgan fingerprint density at radius 3 is 2.58 bits per heavy atom. The molecule has 1 rings (SSSR count). The van der Waals surface area contributed by atoms with Gasteiger partial charge in [-0.05, 0) is 12.5 Å². The maximum Gasteiger partial charge on any atom is 0.200 e. The van der Waals surface area contributed by atoms with Crippen LogP contribution in [0.3, 0.4) is 0 Å². The van der Waals surface area contributed by atoms with Crippen molar-refractivity contribution in [3.63, 3.8) is 0 Å². The summed E-state index contributed by atoms with van der Waals surface area (Å²) in [4.78, 5) is 0. The number of hydrogen-bond acceptors (Lipinski definition) is 3. The van der Waals surface area contributed by atoms with Crippen LogP contribution in [0.4, 0.5) is 0 Å². The predicted octanol–water partition coefficient (Wildman–Crippen LogP) is 1.65. The minimum Gasteiger partial charge on any atom is -0.321 e. The molecule has 4 heteroatoms. The van der Waals surface area contributed by atoms with Crippen molar-refractivity contribution < 1.29 is 0 Å². The van der Waals surface area contributed by atoms with Crippen molar-refractivity contribution in [1.82, 2.24) is 0 Å². The smallest absolute Gasteiger partial charge is 0.200 e. The summed E-state index contributed by atoms with van der Waals surface area (Å²) >= 11 is 0. The Bertz CT molecular complexity index is 317. The topological polar surface area (TPSA) is 74.6 Å². The highest BCUT2D eigenvalue weighted by Gasteiger charge is 2.03. The van der Waals surface area contributed by atoms with Gasteiger partial charge in [-0.1, -0.05) is 24.3 Å². The van der Waals surface area contributed by atoms with Crippen LogP contribution in [0.1, 0.15) is 11.1 Å². The molecule has 0 unspecified atom stereocenters. The molecule has 0 bridgehead atoms. The second-order valence-corrected chi connectivity index (χ2v) is 2.38. The molecule has 62 valence electrons. The van der Waals surface area contributed by atoms with Crippen LogP contribution in [0.5, 0.6) is 0 Å². The minimum atomic E-state index is 0.258. The van der Waals surface area contributed by atoms with E-state index < -0.39 is 0 Å². The normalized spacial score (nSPS) is 11.2. The molecule has 0 aliphatic heterocycles. The number of aryl methyl sites for hydroxylation is 1. The zero-order chi connectivity index (χ0) is 8.97. The molecule has 0 fully saturated rings. The molecule has 1 aromatic rings. The van der Waals surface area contributed by atoms with Crippen LogP contribution < -0.4 is 5.84 Å². The molecule has 0 radical (unpaired) electrons. The van der Waals surface area contributed by atoms with Crippen molar-refractivity contribution in [3.05, 3.63) is 35.4 Å². The fourth-order valence-corrected chi connectivity index (χ4v) is 0.982. The van der Waals surface area contributed by atoms with E-state index in [-0.39, 0.29) is 5.84 Å². The van der Waals surface area contributed by atoms with Crippen LogP contribution in [-0.4, -0.2) is 5.84 Å². The first kappa shape index (κ1) is 8.39. The maximum atomic E-state index is 6.81. The third kappa shape index (κ3) is 1.47. The van der Waals surface area contributed by atoms with Crippen molar-refractivity contribution in [2.45, 2.75) is 6.92 Å². The molecule has 0 aliphatic carbocycles. The second kappa shape index (κ2) is 3.61. The number of nitrogens with two attached hydrogens (primary N) is 1. The van der Waals surface area contributed by atoms with E-state index in [1.54, 1.807) is 0 Å². The van der Waals surface area contributed by atoms with Crippen LogP contribution in [0.25, 0.3) is 0 Å². The fraction of sp³-hybridized carbons (Fsp3) is 0.125. The molecule has 0 saturated heterocycles. The lowest BCUT2D eigenvalue weighted by atomic mass is 10.1. The molecule has 0 amide bonds. The van der Waals surface area contributed by atoms with Crippen molar-refractivity contribution in [2.24, 2.45) is 16.1 Å². The molecule has 0 atom stereocenters. The lowest BCUT2D eigenvalue weighted by molar-refractivity contribution is 1.13. The Morgan fingerprint density at radius 2 is 2.08 bits per heavy atom. The number of hydrogen-bond donors (Lipinski definition) is 2. The quantitative estimate of drug-likeness (QED) is 0.213. The number of benzene rings is 1. The van der Waals surface area contributed by atoms with E-state index in [4.69, 9.17) is 11.4 Å². The molecular formula is C8H10N4.